The fourth-order valence-electron chi connectivity index (χ4n) is 7.97. The summed E-state index contributed by atoms with van der Waals surface area (Å²) in [6.45, 7) is 5.99. The minimum atomic E-state index is -0.522. The van der Waals surface area contributed by atoms with Crippen molar-refractivity contribution in [2.45, 2.75) is 69.8 Å². The van der Waals surface area contributed by atoms with Gasteiger partial charge >= 0.3 is 0 Å². The van der Waals surface area contributed by atoms with Crippen molar-refractivity contribution in [3.63, 3.8) is 0 Å². The predicted octanol–water partition coefficient (Wildman–Crippen LogP) is 6.82. The second kappa shape index (κ2) is 16.0. The number of aliphatic hydroxyl groups is 1. The average molecular weight is 698 g/mol. The summed E-state index contributed by atoms with van der Waals surface area (Å²) in [5, 5.41) is 12.6. The Bertz CT molecular complexity index is 1980. The van der Waals surface area contributed by atoms with E-state index >= 15 is 0 Å². The number of benzene rings is 4. The molecule has 9 nitrogen and oxygen atoms in total. The molecule has 3 saturated heterocycles. The van der Waals surface area contributed by atoms with Gasteiger partial charge < -0.3 is 24.8 Å². The Morgan fingerprint density at radius 2 is 1.58 bits per heavy atom. The summed E-state index contributed by atoms with van der Waals surface area (Å²) in [5.41, 5.74) is 7.79. The van der Waals surface area contributed by atoms with E-state index in [0.29, 0.717) is 23.8 Å². The zero-order chi connectivity index (χ0) is 35.3. The standard InChI is InChI=1S/C43H47N5O4/c49-29-30-15-17-32(18-16-30)41-24-37(28-48-21-7-12-36(48)27-47-19-3-4-20-47)51-43(52-41)35-11-6-10-34(23-35)33-9-5-8-31(22-33)25-45-42(50)40-26-44-38-13-1-2-14-39(38)46-40/h1-2,5-6,8-11,13-18,22-23,26,36-37,41,43,49H,3-4,7,12,19-21,24-25,27-29H2,(H,45,50)/t36-,37+,41-,43-/m0/s1. The molecule has 0 spiro atoms. The molecule has 52 heavy (non-hydrogen) atoms. The van der Waals surface area contributed by atoms with Crippen LogP contribution in [0, 0.1) is 0 Å². The van der Waals surface area contributed by atoms with Gasteiger partial charge in [0.25, 0.3) is 5.91 Å². The van der Waals surface area contributed by atoms with E-state index in [0.717, 1.165) is 65.0 Å². The first-order valence-corrected chi connectivity index (χ1v) is 18.7. The zero-order valence-corrected chi connectivity index (χ0v) is 29.6. The highest BCUT2D eigenvalue weighted by molar-refractivity contribution is 5.93. The van der Waals surface area contributed by atoms with Crippen molar-refractivity contribution in [2.75, 3.05) is 32.7 Å². The highest BCUT2D eigenvalue weighted by Crippen LogP contribution is 2.39. The number of amides is 1. The minimum absolute atomic E-state index is 0.0170. The van der Waals surface area contributed by atoms with Crippen molar-refractivity contribution in [3.8, 4) is 11.1 Å². The van der Waals surface area contributed by atoms with Crippen molar-refractivity contribution < 1.29 is 19.4 Å². The summed E-state index contributed by atoms with van der Waals surface area (Å²) in [6.07, 6.45) is 6.78. The molecule has 0 radical (unpaired) electrons. The number of fused-ring (bicyclic) bond motifs is 1. The Morgan fingerprint density at radius 1 is 0.788 bits per heavy atom. The van der Waals surface area contributed by atoms with Crippen LogP contribution in [0.2, 0.25) is 0 Å². The lowest BCUT2D eigenvalue weighted by Crippen LogP contribution is -2.45. The third-order valence-corrected chi connectivity index (χ3v) is 10.8. The second-order valence-electron chi connectivity index (χ2n) is 14.4. The Labute approximate surface area is 305 Å². The van der Waals surface area contributed by atoms with Crippen molar-refractivity contribution >= 4 is 16.9 Å². The fraction of sp³-hybridized carbons (Fsp3) is 0.372. The third kappa shape index (κ3) is 8.09. The molecular formula is C43H47N5O4. The number of nitrogens with zero attached hydrogens (tertiary/aromatic N) is 4. The molecule has 3 aliphatic rings. The number of aliphatic hydroxyl groups excluding tert-OH is 1. The summed E-state index contributed by atoms with van der Waals surface area (Å²) >= 11 is 0. The number of para-hydroxylation sites is 2. The first-order valence-electron chi connectivity index (χ1n) is 18.7. The van der Waals surface area contributed by atoms with E-state index in [1.165, 1.54) is 45.0 Å². The van der Waals surface area contributed by atoms with E-state index in [1.807, 2.05) is 48.5 Å². The first kappa shape index (κ1) is 34.6. The highest BCUT2D eigenvalue weighted by Gasteiger charge is 2.36. The molecule has 268 valence electrons. The molecule has 9 heteroatoms. The highest BCUT2D eigenvalue weighted by atomic mass is 16.7. The van der Waals surface area contributed by atoms with Gasteiger partial charge in [-0.3, -0.25) is 14.7 Å². The Morgan fingerprint density at radius 3 is 2.40 bits per heavy atom. The Balaban J connectivity index is 0.981. The molecule has 4 aromatic carbocycles. The second-order valence-corrected chi connectivity index (χ2v) is 14.4. The SMILES string of the molecule is O=C(NCc1cccc(-c2cccc([C@H]3O[C@@H](CN4CCC[C@H]4CN4CCCC4)C[C@@H](c4ccc(CO)cc4)O3)c2)c1)c1cnc2ccccc2n1. The van der Waals surface area contributed by atoms with Gasteiger partial charge in [0.2, 0.25) is 0 Å². The van der Waals surface area contributed by atoms with Crippen LogP contribution >= 0.6 is 0 Å². The van der Waals surface area contributed by atoms with Gasteiger partial charge in [-0.05, 0) is 97.4 Å². The van der Waals surface area contributed by atoms with Crippen LogP contribution in [0.4, 0.5) is 0 Å². The number of carbonyl (C=O) groups excluding carboxylic acids is 1. The largest absolute Gasteiger partial charge is 0.392 e. The lowest BCUT2D eigenvalue weighted by molar-refractivity contribution is -0.253. The van der Waals surface area contributed by atoms with Crippen molar-refractivity contribution in [1.82, 2.24) is 25.1 Å². The van der Waals surface area contributed by atoms with Gasteiger partial charge in [-0.1, -0.05) is 72.8 Å². The molecule has 3 aliphatic heterocycles. The molecule has 8 rings (SSSR count). The third-order valence-electron chi connectivity index (χ3n) is 10.8. The minimum Gasteiger partial charge on any atom is -0.392 e. The molecular weight excluding hydrogens is 651 g/mol. The summed E-state index contributed by atoms with van der Waals surface area (Å²) < 4.78 is 13.6. The van der Waals surface area contributed by atoms with Gasteiger partial charge in [0.15, 0.2) is 6.29 Å². The molecule has 0 aliphatic carbocycles. The smallest absolute Gasteiger partial charge is 0.271 e. The van der Waals surface area contributed by atoms with Crippen LogP contribution in [-0.4, -0.2) is 75.7 Å². The molecule has 1 amide bonds. The molecule has 5 aromatic rings. The average Bonchev–Trinajstić information content (AvgIpc) is 3.89. The van der Waals surface area contributed by atoms with Crippen LogP contribution in [0.5, 0.6) is 0 Å². The van der Waals surface area contributed by atoms with Gasteiger partial charge in [-0.25, -0.2) is 4.98 Å². The van der Waals surface area contributed by atoms with Crippen LogP contribution in [0.3, 0.4) is 0 Å². The van der Waals surface area contributed by atoms with E-state index in [9.17, 15) is 9.90 Å². The lowest BCUT2D eigenvalue weighted by atomic mass is 9.98. The van der Waals surface area contributed by atoms with Gasteiger partial charge in [0, 0.05) is 37.7 Å². The number of ether oxygens (including phenoxy) is 2. The maximum Gasteiger partial charge on any atom is 0.271 e. The van der Waals surface area contributed by atoms with Crippen LogP contribution < -0.4 is 5.32 Å². The molecule has 4 heterocycles. The molecule has 2 N–H and O–H groups in total. The maximum atomic E-state index is 13.0. The normalized spacial score (nSPS) is 22.6. The monoisotopic (exact) mass is 697 g/mol. The van der Waals surface area contributed by atoms with Gasteiger partial charge in [0.1, 0.15) is 5.69 Å². The first-order chi connectivity index (χ1) is 25.6. The number of likely N-dealkylation sites (tertiary alicyclic amines) is 2. The van der Waals surface area contributed by atoms with Crippen LogP contribution in [0.15, 0.2) is 103 Å². The molecule has 0 bridgehead atoms. The van der Waals surface area contributed by atoms with E-state index in [4.69, 9.17) is 9.47 Å². The van der Waals surface area contributed by atoms with Gasteiger partial charge in [0.05, 0.1) is 36.0 Å². The number of rotatable bonds is 11. The van der Waals surface area contributed by atoms with Crippen molar-refractivity contribution in [3.05, 3.63) is 131 Å². The van der Waals surface area contributed by atoms with E-state index in [1.54, 1.807) is 0 Å². The molecule has 0 unspecified atom stereocenters. The number of hydrogen-bond acceptors (Lipinski definition) is 8. The fourth-order valence-corrected chi connectivity index (χ4v) is 7.97. The number of nitrogens with one attached hydrogen (secondary N) is 1. The topological polar surface area (TPSA) is 100 Å². The number of carbonyl (C=O) groups is 1. The summed E-state index contributed by atoms with van der Waals surface area (Å²) in [6, 6.07) is 32.9. The molecule has 3 fully saturated rings. The van der Waals surface area contributed by atoms with E-state index < -0.39 is 6.29 Å². The summed E-state index contributed by atoms with van der Waals surface area (Å²) in [5.74, 6) is -0.261. The Hall–Kier alpha value is -4.51. The van der Waals surface area contributed by atoms with Crippen LogP contribution in [-0.2, 0) is 22.6 Å². The predicted molar refractivity (Wildman–Crippen MR) is 201 cm³/mol. The van der Waals surface area contributed by atoms with Gasteiger partial charge in [-0.2, -0.15) is 0 Å². The van der Waals surface area contributed by atoms with Crippen LogP contribution in [0.1, 0.15) is 77.2 Å². The summed E-state index contributed by atoms with van der Waals surface area (Å²) in [7, 11) is 0. The number of hydrogen-bond donors (Lipinski definition) is 2. The summed E-state index contributed by atoms with van der Waals surface area (Å²) in [4.78, 5) is 27.1. The maximum absolute atomic E-state index is 13.0. The van der Waals surface area contributed by atoms with E-state index in [2.05, 4.69) is 73.6 Å². The van der Waals surface area contributed by atoms with Crippen LogP contribution in [0.25, 0.3) is 22.2 Å². The Kier molecular flexibility index (Phi) is 10.7. The molecule has 4 atom stereocenters. The zero-order valence-electron chi connectivity index (χ0n) is 29.6. The van der Waals surface area contributed by atoms with Gasteiger partial charge in [-0.15, -0.1) is 0 Å². The molecule has 1 aromatic heterocycles. The number of aromatic nitrogens is 2. The van der Waals surface area contributed by atoms with E-state index in [-0.39, 0.29) is 24.7 Å². The lowest BCUT2D eigenvalue weighted by Gasteiger charge is -2.39. The molecule has 0 saturated carbocycles. The van der Waals surface area contributed by atoms with Crippen molar-refractivity contribution in [1.29, 1.82) is 0 Å². The van der Waals surface area contributed by atoms with Crippen molar-refractivity contribution in [2.24, 2.45) is 0 Å². The quantitative estimate of drug-likeness (QED) is 0.155.